The Balaban J connectivity index is 1.33. The van der Waals surface area contributed by atoms with Crippen molar-refractivity contribution >= 4 is 23.5 Å². The molecule has 3 aliphatic rings. The van der Waals surface area contributed by atoms with E-state index in [1.165, 1.54) is 4.90 Å². The molecule has 2 N–H and O–H groups in total. The number of nitrogens with zero attached hydrogens (tertiary/aromatic N) is 2. The molecule has 0 unspecified atom stereocenters. The van der Waals surface area contributed by atoms with Crippen LogP contribution in [0.25, 0.3) is 0 Å². The molecule has 7 heteroatoms. The number of amides is 4. The Kier molecular flexibility index (Phi) is 6.06. The lowest BCUT2D eigenvalue weighted by atomic mass is 9.71. The van der Waals surface area contributed by atoms with Crippen LogP contribution in [-0.2, 0) is 9.59 Å². The number of hydrogen-bond donors (Lipinski definition) is 2. The molecule has 4 amide bonds. The summed E-state index contributed by atoms with van der Waals surface area (Å²) in [6.07, 6.45) is 5.07. The van der Waals surface area contributed by atoms with E-state index >= 15 is 0 Å². The van der Waals surface area contributed by atoms with Crippen LogP contribution in [-0.4, -0.2) is 52.6 Å². The number of likely N-dealkylation sites (tertiary alicyclic amines) is 1. The highest BCUT2D eigenvalue weighted by Gasteiger charge is 2.44. The molecule has 0 radical (unpaired) electrons. The molecular weight excluding hydrogens is 394 g/mol. The van der Waals surface area contributed by atoms with Crippen molar-refractivity contribution in [3.8, 4) is 0 Å². The smallest absolute Gasteiger partial charge is 0.329 e. The lowest BCUT2D eigenvalue weighted by Gasteiger charge is -2.47. The monoisotopic (exact) mass is 427 g/mol. The van der Waals surface area contributed by atoms with E-state index in [2.05, 4.69) is 19.2 Å². The highest BCUT2D eigenvalue weighted by atomic mass is 16.3. The Morgan fingerprint density at radius 3 is 2.65 bits per heavy atom. The van der Waals surface area contributed by atoms with Crippen LogP contribution >= 0.6 is 0 Å². The van der Waals surface area contributed by atoms with Crippen molar-refractivity contribution in [2.24, 2.45) is 5.92 Å². The summed E-state index contributed by atoms with van der Waals surface area (Å²) in [4.78, 5) is 41.0. The molecular formula is C24H33N3O4. The number of rotatable bonds is 5. The fourth-order valence-electron chi connectivity index (χ4n) is 5.20. The minimum Gasteiger partial charge on any atom is -0.389 e. The second-order valence-corrected chi connectivity index (χ2v) is 9.60. The molecule has 3 fully saturated rings. The maximum absolute atomic E-state index is 12.8. The molecule has 3 atom stereocenters. The number of anilines is 1. The van der Waals surface area contributed by atoms with Crippen molar-refractivity contribution < 1.29 is 19.5 Å². The van der Waals surface area contributed by atoms with Crippen LogP contribution in [0.2, 0.25) is 0 Å². The van der Waals surface area contributed by atoms with Gasteiger partial charge in [-0.3, -0.25) is 9.59 Å². The van der Waals surface area contributed by atoms with Crippen molar-refractivity contribution in [2.75, 3.05) is 18.0 Å². The van der Waals surface area contributed by atoms with E-state index in [1.54, 1.807) is 12.1 Å². The van der Waals surface area contributed by atoms with Gasteiger partial charge in [-0.2, -0.15) is 0 Å². The molecule has 0 bridgehead atoms. The second-order valence-electron chi connectivity index (χ2n) is 9.60. The molecule has 4 rings (SSSR count). The van der Waals surface area contributed by atoms with Crippen molar-refractivity contribution in [1.29, 1.82) is 0 Å². The second kappa shape index (κ2) is 8.61. The first-order chi connectivity index (χ1) is 14.8. The van der Waals surface area contributed by atoms with Gasteiger partial charge in [0.2, 0.25) is 5.91 Å². The van der Waals surface area contributed by atoms with Gasteiger partial charge in [-0.15, -0.1) is 0 Å². The van der Waals surface area contributed by atoms with E-state index in [4.69, 9.17) is 0 Å². The van der Waals surface area contributed by atoms with Gasteiger partial charge >= 0.3 is 6.03 Å². The Bertz CT molecular complexity index is 853. The Morgan fingerprint density at radius 2 is 1.94 bits per heavy atom. The van der Waals surface area contributed by atoms with Gasteiger partial charge in [0.15, 0.2) is 0 Å². The first-order valence-corrected chi connectivity index (χ1v) is 11.5. The molecule has 0 spiro atoms. The SMILES string of the molecule is CC(C)c1ccc(N2C(=O)N[C@H](CCC(=O)N3CC[C@]4(O)CCCC[C@H]4C3)C2=O)cc1. The summed E-state index contributed by atoms with van der Waals surface area (Å²) in [5.41, 5.74) is 1.08. The van der Waals surface area contributed by atoms with Crippen LogP contribution in [0, 0.1) is 5.92 Å². The molecule has 0 aromatic heterocycles. The summed E-state index contributed by atoms with van der Waals surface area (Å²) in [5.74, 6) is 0.205. The third-order valence-electron chi connectivity index (χ3n) is 7.26. The van der Waals surface area contributed by atoms with E-state index in [0.29, 0.717) is 31.1 Å². The molecule has 1 aliphatic carbocycles. The van der Waals surface area contributed by atoms with Crippen LogP contribution in [0.3, 0.4) is 0 Å². The summed E-state index contributed by atoms with van der Waals surface area (Å²) in [5, 5.41) is 13.5. The standard InChI is InChI=1S/C24H33N3O4/c1-16(2)17-6-8-19(9-7-17)27-22(29)20(25-23(27)30)10-11-21(28)26-14-13-24(31)12-4-3-5-18(24)15-26/h6-9,16,18,20,31H,3-5,10-15H2,1-2H3,(H,25,30)/t18-,20+,24+/m0/s1. The average molecular weight is 428 g/mol. The number of benzene rings is 1. The van der Waals surface area contributed by atoms with Gasteiger partial charge in [-0.25, -0.2) is 9.69 Å². The van der Waals surface area contributed by atoms with Crippen molar-refractivity contribution in [3.05, 3.63) is 29.8 Å². The highest BCUT2D eigenvalue weighted by molar-refractivity contribution is 6.21. The molecule has 1 aromatic carbocycles. The highest BCUT2D eigenvalue weighted by Crippen LogP contribution is 2.40. The molecule has 1 aromatic rings. The predicted molar refractivity (Wildman–Crippen MR) is 118 cm³/mol. The van der Waals surface area contributed by atoms with Gasteiger partial charge in [-0.1, -0.05) is 38.8 Å². The summed E-state index contributed by atoms with van der Waals surface area (Å²) in [6.45, 7) is 5.33. The molecule has 2 heterocycles. The van der Waals surface area contributed by atoms with Gasteiger partial charge in [0.1, 0.15) is 6.04 Å². The first-order valence-electron chi connectivity index (χ1n) is 11.5. The van der Waals surface area contributed by atoms with Gasteiger partial charge in [0.05, 0.1) is 11.3 Å². The quantitative estimate of drug-likeness (QED) is 0.707. The normalized spacial score (nSPS) is 28.6. The van der Waals surface area contributed by atoms with Gasteiger partial charge in [-0.05, 0) is 49.3 Å². The zero-order valence-electron chi connectivity index (χ0n) is 18.5. The molecule has 2 saturated heterocycles. The van der Waals surface area contributed by atoms with Crippen LogP contribution < -0.4 is 10.2 Å². The molecule has 1 saturated carbocycles. The van der Waals surface area contributed by atoms with Gasteiger partial charge in [0, 0.05) is 25.4 Å². The number of hydrogen-bond acceptors (Lipinski definition) is 4. The largest absolute Gasteiger partial charge is 0.389 e. The third-order valence-corrected chi connectivity index (χ3v) is 7.26. The van der Waals surface area contributed by atoms with Crippen molar-refractivity contribution in [3.63, 3.8) is 0 Å². The number of fused-ring (bicyclic) bond motifs is 1. The summed E-state index contributed by atoms with van der Waals surface area (Å²) in [7, 11) is 0. The number of urea groups is 1. The summed E-state index contributed by atoms with van der Waals surface area (Å²) < 4.78 is 0. The number of carbonyl (C=O) groups excluding carboxylic acids is 3. The van der Waals surface area contributed by atoms with Crippen LogP contribution in [0.4, 0.5) is 10.5 Å². The summed E-state index contributed by atoms with van der Waals surface area (Å²) >= 11 is 0. The maximum Gasteiger partial charge on any atom is 0.329 e. The number of nitrogens with one attached hydrogen (secondary N) is 1. The minimum atomic E-state index is -0.683. The Hall–Kier alpha value is -2.41. The Labute approximate surface area is 183 Å². The predicted octanol–water partition coefficient (Wildman–Crippen LogP) is 3.17. The van der Waals surface area contributed by atoms with Crippen molar-refractivity contribution in [2.45, 2.75) is 76.4 Å². The number of aliphatic hydroxyl groups is 1. The lowest BCUT2D eigenvalue weighted by molar-refractivity contribution is -0.143. The van der Waals surface area contributed by atoms with Gasteiger partial charge < -0.3 is 15.3 Å². The molecule has 168 valence electrons. The van der Waals surface area contributed by atoms with E-state index in [0.717, 1.165) is 31.2 Å². The molecule has 2 aliphatic heterocycles. The zero-order valence-corrected chi connectivity index (χ0v) is 18.5. The lowest BCUT2D eigenvalue weighted by Crippen LogP contribution is -2.54. The van der Waals surface area contributed by atoms with Crippen LogP contribution in [0.1, 0.15) is 70.3 Å². The molecule has 31 heavy (non-hydrogen) atoms. The number of carbonyl (C=O) groups is 3. The number of piperidine rings is 1. The van der Waals surface area contributed by atoms with E-state index in [-0.39, 0.29) is 30.6 Å². The van der Waals surface area contributed by atoms with E-state index < -0.39 is 17.7 Å². The minimum absolute atomic E-state index is 0.00518. The van der Waals surface area contributed by atoms with E-state index in [9.17, 15) is 19.5 Å². The van der Waals surface area contributed by atoms with E-state index in [1.807, 2.05) is 17.0 Å². The zero-order chi connectivity index (χ0) is 22.2. The van der Waals surface area contributed by atoms with Crippen molar-refractivity contribution in [1.82, 2.24) is 10.2 Å². The third kappa shape index (κ3) is 4.33. The Morgan fingerprint density at radius 1 is 1.19 bits per heavy atom. The fourth-order valence-corrected chi connectivity index (χ4v) is 5.20. The first kappa shape index (κ1) is 21.8. The maximum atomic E-state index is 12.8. The van der Waals surface area contributed by atoms with Gasteiger partial charge in [0.25, 0.3) is 5.91 Å². The van der Waals surface area contributed by atoms with Crippen LogP contribution in [0.5, 0.6) is 0 Å². The molecule has 7 nitrogen and oxygen atoms in total. The topological polar surface area (TPSA) is 90.0 Å². The fraction of sp³-hybridized carbons (Fsp3) is 0.625. The summed E-state index contributed by atoms with van der Waals surface area (Å²) in [6, 6.07) is 6.32. The average Bonchev–Trinajstić information content (AvgIpc) is 3.04. The van der Waals surface area contributed by atoms with Crippen LogP contribution in [0.15, 0.2) is 24.3 Å². The number of imide groups is 1.